The van der Waals surface area contributed by atoms with Gasteiger partial charge < -0.3 is 19.8 Å². The average Bonchev–Trinajstić information content (AvgIpc) is 3.26. The van der Waals surface area contributed by atoms with Gasteiger partial charge in [0.25, 0.3) is 0 Å². The normalized spacial score (nSPS) is 19.0. The Bertz CT molecular complexity index is 1030. The summed E-state index contributed by atoms with van der Waals surface area (Å²) in [6, 6.07) is -0.999. The fourth-order valence-electron chi connectivity index (χ4n) is 4.33. The Hall–Kier alpha value is -2.07. The number of anilines is 1. The number of nitrogens with zero attached hydrogens (tertiary/aromatic N) is 4. The third kappa shape index (κ3) is 8.23. The Labute approximate surface area is 213 Å². The molecular formula is C24H41N7O4P. The van der Waals surface area contributed by atoms with E-state index in [0.29, 0.717) is 23.5 Å². The van der Waals surface area contributed by atoms with Crippen molar-refractivity contribution in [3.05, 3.63) is 19.6 Å². The number of nitrogens with two attached hydrogens (primary N) is 1. The van der Waals surface area contributed by atoms with Crippen LogP contribution in [0.5, 0.6) is 0 Å². The number of nitrogens with one attached hydrogen (secondary N) is 2. The summed E-state index contributed by atoms with van der Waals surface area (Å²) in [6.45, 7) is 10.2. The van der Waals surface area contributed by atoms with E-state index in [1.807, 2.05) is 11.5 Å². The SMILES string of the molecule is [CH2]C(CCCC)NP(=O)(CO[C@H](C)Cn1cnc2c(N)ncnc21)N[C@H](C)C(=O)OC1CCCCC1. The van der Waals surface area contributed by atoms with Gasteiger partial charge in [-0.1, -0.05) is 26.2 Å². The number of unbranched alkanes of at least 4 members (excludes halogenated alkanes) is 1. The molecule has 36 heavy (non-hydrogen) atoms. The number of hydrogen-bond acceptors (Lipinski definition) is 8. The summed E-state index contributed by atoms with van der Waals surface area (Å²) >= 11 is 0. The highest BCUT2D eigenvalue weighted by Gasteiger charge is 2.31. The number of aromatic nitrogens is 4. The summed E-state index contributed by atoms with van der Waals surface area (Å²) in [5, 5.41) is 6.10. The van der Waals surface area contributed by atoms with Crippen LogP contribution in [0, 0.1) is 6.92 Å². The lowest BCUT2D eigenvalue weighted by Gasteiger charge is -2.29. The lowest BCUT2D eigenvalue weighted by molar-refractivity contribution is -0.152. The van der Waals surface area contributed by atoms with Crippen molar-refractivity contribution < 1.29 is 18.8 Å². The Morgan fingerprint density at radius 2 is 2.00 bits per heavy atom. The van der Waals surface area contributed by atoms with E-state index in [9.17, 15) is 9.36 Å². The van der Waals surface area contributed by atoms with Crippen molar-refractivity contribution in [3.8, 4) is 0 Å². The highest BCUT2D eigenvalue weighted by Crippen LogP contribution is 2.38. The zero-order valence-electron chi connectivity index (χ0n) is 21.7. The lowest BCUT2D eigenvalue weighted by atomic mass is 9.98. The molecule has 4 atom stereocenters. The number of imidazole rings is 1. The maximum absolute atomic E-state index is 13.9. The number of carbonyl (C=O) groups excluding carboxylic acids is 1. The molecule has 1 saturated carbocycles. The second-order valence-electron chi connectivity index (χ2n) is 9.69. The van der Waals surface area contributed by atoms with Gasteiger partial charge >= 0.3 is 5.97 Å². The fourth-order valence-corrected chi connectivity index (χ4v) is 6.47. The van der Waals surface area contributed by atoms with Crippen LogP contribution in [-0.4, -0.2) is 56.1 Å². The molecule has 1 radical (unpaired) electrons. The molecule has 4 N–H and O–H groups in total. The molecule has 1 aliphatic carbocycles. The maximum atomic E-state index is 13.9. The van der Waals surface area contributed by atoms with Gasteiger partial charge in [-0.3, -0.25) is 14.4 Å². The number of esters is 1. The van der Waals surface area contributed by atoms with E-state index in [4.69, 9.17) is 15.2 Å². The molecular weight excluding hydrogens is 481 g/mol. The third-order valence-electron chi connectivity index (χ3n) is 6.31. The number of carbonyl (C=O) groups is 1. The molecule has 1 fully saturated rings. The number of ether oxygens (including phenoxy) is 2. The van der Waals surface area contributed by atoms with Gasteiger partial charge in [-0.25, -0.2) is 20.0 Å². The van der Waals surface area contributed by atoms with Gasteiger partial charge in [-0.05, 0) is 52.9 Å². The van der Waals surface area contributed by atoms with E-state index in [1.165, 1.54) is 12.7 Å². The molecule has 201 valence electrons. The van der Waals surface area contributed by atoms with Crippen LogP contribution in [-0.2, 0) is 25.4 Å². The lowest BCUT2D eigenvalue weighted by Crippen LogP contribution is -2.41. The second kappa shape index (κ2) is 13.5. The Morgan fingerprint density at radius 3 is 2.72 bits per heavy atom. The summed E-state index contributed by atoms with van der Waals surface area (Å²) in [6.07, 6.45) is 10.3. The van der Waals surface area contributed by atoms with Crippen molar-refractivity contribution in [1.29, 1.82) is 0 Å². The van der Waals surface area contributed by atoms with Gasteiger partial charge in [-0.15, -0.1) is 0 Å². The van der Waals surface area contributed by atoms with E-state index in [0.717, 1.165) is 44.9 Å². The number of rotatable bonds is 14. The molecule has 2 heterocycles. The summed E-state index contributed by atoms with van der Waals surface area (Å²) in [4.78, 5) is 25.2. The first-order valence-electron chi connectivity index (χ1n) is 12.9. The molecule has 12 heteroatoms. The van der Waals surface area contributed by atoms with E-state index in [2.05, 4.69) is 39.0 Å². The van der Waals surface area contributed by atoms with Crippen LogP contribution < -0.4 is 15.9 Å². The first kappa shape index (κ1) is 28.5. The molecule has 3 rings (SSSR count). The van der Waals surface area contributed by atoms with Crippen molar-refractivity contribution in [2.24, 2.45) is 0 Å². The quantitative estimate of drug-likeness (QED) is 0.247. The Kier molecular flexibility index (Phi) is 10.7. The van der Waals surface area contributed by atoms with Crippen molar-refractivity contribution in [3.63, 3.8) is 0 Å². The molecule has 0 bridgehead atoms. The summed E-state index contributed by atoms with van der Waals surface area (Å²) in [7, 11) is -3.33. The van der Waals surface area contributed by atoms with Crippen molar-refractivity contribution in [2.75, 3.05) is 12.1 Å². The molecule has 0 aliphatic heterocycles. The van der Waals surface area contributed by atoms with Crippen LogP contribution in [0.4, 0.5) is 5.82 Å². The third-order valence-corrected chi connectivity index (χ3v) is 8.41. The maximum Gasteiger partial charge on any atom is 0.323 e. The van der Waals surface area contributed by atoms with Gasteiger partial charge in [0, 0.05) is 6.04 Å². The molecule has 0 amide bonds. The topological polar surface area (TPSA) is 146 Å². The van der Waals surface area contributed by atoms with Crippen LogP contribution in [0.25, 0.3) is 11.2 Å². The first-order chi connectivity index (χ1) is 17.2. The minimum atomic E-state index is -3.33. The van der Waals surface area contributed by atoms with E-state index < -0.39 is 19.5 Å². The van der Waals surface area contributed by atoms with Crippen LogP contribution >= 0.6 is 7.44 Å². The summed E-state index contributed by atoms with van der Waals surface area (Å²) < 4.78 is 27.4. The predicted molar refractivity (Wildman–Crippen MR) is 140 cm³/mol. The van der Waals surface area contributed by atoms with E-state index in [1.54, 1.807) is 13.3 Å². The van der Waals surface area contributed by atoms with E-state index in [-0.39, 0.29) is 24.6 Å². The minimum Gasteiger partial charge on any atom is -0.461 e. The van der Waals surface area contributed by atoms with Crippen molar-refractivity contribution >= 4 is 30.4 Å². The Balaban J connectivity index is 1.62. The smallest absolute Gasteiger partial charge is 0.323 e. The summed E-state index contributed by atoms with van der Waals surface area (Å²) in [5.41, 5.74) is 7.00. The Morgan fingerprint density at radius 1 is 1.25 bits per heavy atom. The number of fused-ring (bicyclic) bond motifs is 1. The summed E-state index contributed by atoms with van der Waals surface area (Å²) in [5.74, 6) is -0.0822. The van der Waals surface area contributed by atoms with Gasteiger partial charge in [0.2, 0.25) is 7.44 Å². The second-order valence-corrected chi connectivity index (χ2v) is 11.9. The monoisotopic (exact) mass is 522 g/mol. The highest BCUT2D eigenvalue weighted by molar-refractivity contribution is 7.59. The van der Waals surface area contributed by atoms with Gasteiger partial charge in [0.1, 0.15) is 30.3 Å². The largest absolute Gasteiger partial charge is 0.461 e. The molecule has 11 nitrogen and oxygen atoms in total. The average molecular weight is 523 g/mol. The van der Waals surface area contributed by atoms with Crippen molar-refractivity contribution in [2.45, 2.75) is 103 Å². The highest BCUT2D eigenvalue weighted by atomic mass is 31.2. The molecule has 2 aromatic heterocycles. The van der Waals surface area contributed by atoms with Crippen LogP contribution in [0.15, 0.2) is 12.7 Å². The fraction of sp³-hybridized carbons (Fsp3) is 0.708. The zero-order valence-corrected chi connectivity index (χ0v) is 22.6. The van der Waals surface area contributed by atoms with Gasteiger partial charge in [0.05, 0.1) is 19.0 Å². The molecule has 0 spiro atoms. The predicted octanol–water partition coefficient (Wildman–Crippen LogP) is 3.80. The molecule has 2 unspecified atom stereocenters. The molecule has 0 aromatic carbocycles. The number of nitrogen functional groups attached to an aromatic ring is 1. The van der Waals surface area contributed by atoms with Crippen LogP contribution in [0.3, 0.4) is 0 Å². The van der Waals surface area contributed by atoms with Crippen LogP contribution in [0.1, 0.15) is 72.1 Å². The van der Waals surface area contributed by atoms with Crippen molar-refractivity contribution in [1.82, 2.24) is 29.7 Å². The standard InChI is InChI=1S/C24H41N7O4P/c1-5-6-10-17(2)29-36(33,30-19(4)24(32)35-20-11-8-7-9-12-20)16-34-18(3)13-31-15-28-21-22(25)26-14-27-23(21)31/h14-15,17-20H,2,5-13,16H2,1,3-4H3,(H2,25,26,27)(H2,29,30,33)/t17?,18-,19-,36?/m1/s1. The molecule has 2 aromatic rings. The van der Waals surface area contributed by atoms with E-state index >= 15 is 0 Å². The first-order valence-corrected chi connectivity index (χ1v) is 14.8. The molecule has 1 aliphatic rings. The van der Waals surface area contributed by atoms with Crippen LogP contribution in [0.2, 0.25) is 0 Å². The zero-order chi connectivity index (χ0) is 26.1. The molecule has 0 saturated heterocycles. The number of hydrogen-bond donors (Lipinski definition) is 3. The minimum absolute atomic E-state index is 0.0629. The van der Waals surface area contributed by atoms with Gasteiger partial charge in [-0.2, -0.15) is 0 Å². The van der Waals surface area contributed by atoms with Gasteiger partial charge in [0.15, 0.2) is 11.5 Å².